The van der Waals surface area contributed by atoms with Crippen LogP contribution in [-0.2, 0) is 0 Å². The van der Waals surface area contributed by atoms with Crippen molar-refractivity contribution >= 4 is 22.8 Å². The van der Waals surface area contributed by atoms with Gasteiger partial charge in [-0.3, -0.25) is 0 Å². The van der Waals surface area contributed by atoms with Crippen LogP contribution in [0.4, 0.5) is 20.2 Å². The van der Waals surface area contributed by atoms with Crippen molar-refractivity contribution in [2.75, 3.05) is 9.80 Å². The molecule has 1 N–H and O–H groups in total. The third-order valence-electron chi connectivity index (χ3n) is 8.58. The smallest absolute Gasteiger partial charge is 0.170 e. The third-order valence-corrected chi connectivity index (χ3v) is 8.58. The van der Waals surface area contributed by atoms with E-state index in [1.54, 1.807) is 24.3 Å². The molecule has 1 aliphatic rings. The average molecular weight is 629 g/mol. The number of hydrogen-bond donors (Lipinski definition) is 1. The van der Waals surface area contributed by atoms with Gasteiger partial charge in [0.15, 0.2) is 12.0 Å². The third kappa shape index (κ3) is 5.33. The molecule has 7 aromatic rings. The van der Waals surface area contributed by atoms with Gasteiger partial charge in [0.05, 0.1) is 22.8 Å². The van der Waals surface area contributed by atoms with Gasteiger partial charge in [0, 0.05) is 33.6 Å². The molecule has 0 unspecified atom stereocenters. The zero-order valence-electron chi connectivity index (χ0n) is 25.8. The fraction of sp³-hybridized carbons (Fsp3) is 0.0238. The van der Waals surface area contributed by atoms with Crippen molar-refractivity contribution in [2.45, 2.75) is 6.17 Å². The van der Waals surface area contributed by atoms with Crippen molar-refractivity contribution in [3.05, 3.63) is 198 Å². The molecule has 0 fully saturated rings. The Morgan fingerprint density at radius 2 is 0.812 bits per heavy atom. The van der Waals surface area contributed by atoms with Crippen molar-refractivity contribution in [3.63, 3.8) is 0 Å². The first-order chi connectivity index (χ1) is 23.7. The molecular weight excluding hydrogens is 598 g/mol. The minimum Gasteiger partial charge on any atom is -0.338 e. The Morgan fingerprint density at radius 3 is 1.23 bits per heavy atom. The summed E-state index contributed by atoms with van der Waals surface area (Å²) in [6.45, 7) is 0. The number of halogens is 2. The number of imidazole rings is 1. The van der Waals surface area contributed by atoms with E-state index in [1.807, 2.05) is 72.8 Å². The number of hydrogen-bond acceptors (Lipinski definition) is 3. The summed E-state index contributed by atoms with van der Waals surface area (Å²) in [5.74, 6) is 0.0176. The first kappa shape index (κ1) is 29.2. The van der Waals surface area contributed by atoms with Crippen LogP contribution >= 0.6 is 0 Å². The molecule has 6 heteroatoms. The quantitative estimate of drug-likeness (QED) is 0.191. The number of aromatic nitrogens is 2. The fourth-order valence-corrected chi connectivity index (χ4v) is 6.45. The molecule has 48 heavy (non-hydrogen) atoms. The highest BCUT2D eigenvalue weighted by molar-refractivity contribution is 6.06. The lowest BCUT2D eigenvalue weighted by Crippen LogP contribution is -2.33. The molecule has 0 amide bonds. The molecule has 0 spiro atoms. The number of nitrogens with zero attached hydrogens (tertiary/aromatic N) is 3. The van der Waals surface area contributed by atoms with Crippen LogP contribution in [-0.4, -0.2) is 9.97 Å². The van der Waals surface area contributed by atoms with Gasteiger partial charge >= 0.3 is 0 Å². The minimum atomic E-state index is -0.578. The number of rotatable bonds is 7. The molecule has 6 aromatic carbocycles. The zero-order valence-corrected chi connectivity index (χ0v) is 25.8. The van der Waals surface area contributed by atoms with Crippen LogP contribution in [0.15, 0.2) is 170 Å². The first-order valence-electron chi connectivity index (χ1n) is 15.8. The Labute approximate surface area is 277 Å². The van der Waals surface area contributed by atoms with E-state index in [0.29, 0.717) is 5.82 Å². The second-order valence-corrected chi connectivity index (χ2v) is 11.6. The maximum absolute atomic E-state index is 14.5. The Balaban J connectivity index is 1.46. The molecule has 4 nitrogen and oxygen atoms in total. The van der Waals surface area contributed by atoms with Gasteiger partial charge in [0.1, 0.15) is 11.6 Å². The lowest BCUT2D eigenvalue weighted by Gasteiger charge is -2.34. The Kier molecular flexibility index (Phi) is 7.59. The van der Waals surface area contributed by atoms with Crippen molar-refractivity contribution in [3.8, 4) is 22.5 Å². The van der Waals surface area contributed by atoms with Gasteiger partial charge in [0.25, 0.3) is 0 Å². The summed E-state index contributed by atoms with van der Waals surface area (Å²) >= 11 is 0. The van der Waals surface area contributed by atoms with E-state index in [1.165, 1.54) is 24.3 Å². The lowest BCUT2D eigenvalue weighted by atomic mass is 10.0. The summed E-state index contributed by atoms with van der Waals surface area (Å²) < 4.78 is 28.9. The SMILES string of the molecule is Fc1ccc(N2C(c3ccccc3)=C(c3ccccc3)N(c3ccc(F)cc3)C2c2nc(-c3ccccc3)c(-c3ccccc3)[nH]2)cc1. The molecule has 1 aromatic heterocycles. The standard InChI is InChI=1S/C42H30F2N4/c43-33-21-25-35(26-22-33)47-39(31-17-9-3-10-18-31)40(32-19-11-4-12-20-32)48(36-27-23-34(44)24-28-36)42(47)41-45-37(29-13-5-1-6-14-29)38(46-41)30-15-7-2-8-16-30/h1-28,42H,(H,45,46). The van der Waals surface area contributed by atoms with Crippen LogP contribution in [0.25, 0.3) is 33.9 Å². The van der Waals surface area contributed by atoms with E-state index >= 15 is 0 Å². The lowest BCUT2D eigenvalue weighted by molar-refractivity contribution is 0.626. The first-order valence-corrected chi connectivity index (χ1v) is 15.8. The largest absolute Gasteiger partial charge is 0.338 e. The molecular formula is C42H30F2N4. The Morgan fingerprint density at radius 1 is 0.438 bits per heavy atom. The number of benzene rings is 6. The van der Waals surface area contributed by atoms with Gasteiger partial charge in [-0.2, -0.15) is 0 Å². The topological polar surface area (TPSA) is 35.2 Å². The minimum absolute atomic E-state index is 0.325. The highest BCUT2D eigenvalue weighted by atomic mass is 19.1. The summed E-state index contributed by atoms with van der Waals surface area (Å²) in [6, 6.07) is 53.7. The van der Waals surface area contributed by atoms with Gasteiger partial charge in [-0.05, 0) is 48.5 Å². The maximum atomic E-state index is 14.5. The van der Waals surface area contributed by atoms with E-state index in [9.17, 15) is 8.78 Å². The van der Waals surface area contributed by atoms with Gasteiger partial charge in [0.2, 0.25) is 0 Å². The summed E-state index contributed by atoms with van der Waals surface area (Å²) in [5, 5.41) is 0. The predicted octanol–water partition coefficient (Wildman–Crippen LogP) is 10.6. The van der Waals surface area contributed by atoms with Crippen molar-refractivity contribution < 1.29 is 8.78 Å². The molecule has 8 rings (SSSR count). The molecule has 232 valence electrons. The second kappa shape index (κ2) is 12.5. The van der Waals surface area contributed by atoms with Crippen LogP contribution in [0.1, 0.15) is 23.1 Å². The Hall–Kier alpha value is -6.27. The van der Waals surface area contributed by atoms with Crippen molar-refractivity contribution in [1.82, 2.24) is 9.97 Å². The van der Waals surface area contributed by atoms with Crippen LogP contribution in [0.2, 0.25) is 0 Å². The normalized spacial score (nSPS) is 13.4. The van der Waals surface area contributed by atoms with Gasteiger partial charge in [-0.1, -0.05) is 121 Å². The fourth-order valence-electron chi connectivity index (χ4n) is 6.45. The molecule has 2 heterocycles. The van der Waals surface area contributed by atoms with Crippen LogP contribution in [0, 0.1) is 11.6 Å². The van der Waals surface area contributed by atoms with E-state index < -0.39 is 6.17 Å². The van der Waals surface area contributed by atoms with E-state index in [0.717, 1.165) is 56.4 Å². The highest BCUT2D eigenvalue weighted by Crippen LogP contribution is 2.52. The van der Waals surface area contributed by atoms with Crippen LogP contribution in [0.3, 0.4) is 0 Å². The number of nitrogens with one attached hydrogen (secondary N) is 1. The van der Waals surface area contributed by atoms with E-state index in [4.69, 9.17) is 4.98 Å². The van der Waals surface area contributed by atoms with Gasteiger partial charge in [-0.15, -0.1) is 0 Å². The molecule has 0 saturated heterocycles. The second-order valence-electron chi connectivity index (χ2n) is 11.6. The summed E-state index contributed by atoms with van der Waals surface area (Å²) in [5.41, 5.74) is 8.94. The average Bonchev–Trinajstić information content (AvgIpc) is 3.74. The highest BCUT2D eigenvalue weighted by Gasteiger charge is 2.44. The van der Waals surface area contributed by atoms with Crippen LogP contribution < -0.4 is 9.80 Å². The summed E-state index contributed by atoms with van der Waals surface area (Å²) in [4.78, 5) is 13.5. The number of anilines is 2. The van der Waals surface area contributed by atoms with Gasteiger partial charge in [-0.25, -0.2) is 13.8 Å². The summed E-state index contributed by atoms with van der Waals surface area (Å²) in [6.07, 6.45) is -0.578. The summed E-state index contributed by atoms with van der Waals surface area (Å²) in [7, 11) is 0. The van der Waals surface area contributed by atoms with E-state index in [-0.39, 0.29) is 11.6 Å². The predicted molar refractivity (Wildman–Crippen MR) is 190 cm³/mol. The molecule has 0 bridgehead atoms. The molecule has 0 aliphatic carbocycles. The molecule has 1 aliphatic heterocycles. The van der Waals surface area contributed by atoms with Crippen LogP contribution in [0.5, 0.6) is 0 Å². The maximum Gasteiger partial charge on any atom is 0.170 e. The molecule has 0 atom stereocenters. The Bertz CT molecular complexity index is 2020. The zero-order chi connectivity index (χ0) is 32.5. The molecule has 0 radical (unpaired) electrons. The number of aromatic amines is 1. The monoisotopic (exact) mass is 628 g/mol. The van der Waals surface area contributed by atoms with E-state index in [2.05, 4.69) is 63.3 Å². The number of H-pyrrole nitrogens is 1. The van der Waals surface area contributed by atoms with Gasteiger partial charge < -0.3 is 14.8 Å². The van der Waals surface area contributed by atoms with Crippen molar-refractivity contribution in [2.24, 2.45) is 0 Å². The molecule has 0 saturated carbocycles. The van der Waals surface area contributed by atoms with Crippen molar-refractivity contribution in [1.29, 1.82) is 0 Å².